The molecule has 0 heterocycles. The summed E-state index contributed by atoms with van der Waals surface area (Å²) in [7, 11) is -5.09. The minimum atomic E-state index is -5.09. The van der Waals surface area contributed by atoms with Crippen LogP contribution in [0.4, 0.5) is 13.2 Å². The van der Waals surface area contributed by atoms with E-state index in [1.165, 1.54) is 0 Å². The van der Waals surface area contributed by atoms with Gasteiger partial charge in [0.15, 0.2) is 0 Å². The molecule has 0 bridgehead atoms. The molecule has 5 nitrogen and oxygen atoms in total. The highest BCUT2D eigenvalue weighted by Crippen LogP contribution is 2.33. The van der Waals surface area contributed by atoms with Crippen molar-refractivity contribution in [2.45, 2.75) is 24.9 Å². The van der Waals surface area contributed by atoms with E-state index in [1.807, 2.05) is 38.1 Å². The molecule has 3 rings (SSSR count). The van der Waals surface area contributed by atoms with E-state index >= 15 is 0 Å². The van der Waals surface area contributed by atoms with Gasteiger partial charge in [0.25, 0.3) is 0 Å². The van der Waals surface area contributed by atoms with E-state index in [-0.39, 0.29) is 7.58 Å². The van der Waals surface area contributed by atoms with Gasteiger partial charge in [0, 0.05) is 0 Å². The lowest BCUT2D eigenvalue weighted by atomic mass is 10.2. The van der Waals surface area contributed by atoms with Gasteiger partial charge in [-0.15, -0.1) is 0 Å². The number of carbonyl (C=O) groups excluding carboxylic acids is 2. The van der Waals surface area contributed by atoms with Crippen LogP contribution in [0.5, 0.6) is 0 Å². The largest absolute Gasteiger partial charge is 0.744 e. The van der Waals surface area contributed by atoms with Gasteiger partial charge in [-0.3, -0.25) is 0 Å². The first-order valence-electron chi connectivity index (χ1n) is 9.28. The highest BCUT2D eigenvalue weighted by molar-refractivity contribution is 7.85. The van der Waals surface area contributed by atoms with Crippen molar-refractivity contribution in [1.29, 1.82) is 0 Å². The fourth-order valence-electron chi connectivity index (χ4n) is 2.48. The maximum absolute atomic E-state index is 12.2. The second-order valence-corrected chi connectivity index (χ2v) is 10.7. The zero-order chi connectivity index (χ0) is 24.8. The Bertz CT molecular complexity index is 1180. The lowest BCUT2D eigenvalue weighted by Gasteiger charge is -2.14. The minimum Gasteiger partial charge on any atom is -0.744 e. The summed E-state index contributed by atoms with van der Waals surface area (Å²) >= 11 is -1.16. The zero-order valence-corrected chi connectivity index (χ0v) is 20.4. The van der Waals surface area contributed by atoms with Crippen molar-refractivity contribution in [1.82, 2.24) is 0 Å². The van der Waals surface area contributed by atoms with Crippen molar-refractivity contribution in [2.24, 2.45) is 0 Å². The van der Waals surface area contributed by atoms with Crippen LogP contribution in [-0.2, 0) is 16.3 Å². The Labute approximate surface area is 199 Å². The Morgan fingerprint density at radius 3 is 1.48 bits per heavy atom. The number of benzene rings is 3. The van der Waals surface area contributed by atoms with Crippen molar-refractivity contribution in [3.63, 3.8) is 0 Å². The molecule has 0 spiro atoms. The van der Waals surface area contributed by atoms with Crippen molar-refractivity contribution in [2.75, 3.05) is 0 Å². The van der Waals surface area contributed by atoms with Gasteiger partial charge < -0.3 is 4.55 Å². The van der Waals surface area contributed by atoms with Crippen LogP contribution in [0.2, 0.25) is 0 Å². The second kappa shape index (κ2) is 11.0. The molecule has 0 aliphatic rings. The van der Waals surface area contributed by atoms with Crippen LogP contribution in [0, 0.1) is 13.8 Å². The Hall–Kier alpha value is -2.57. The van der Waals surface area contributed by atoms with Crippen molar-refractivity contribution in [3.05, 3.63) is 101 Å². The number of hydrogen-bond acceptors (Lipinski definition) is 5. The number of hydrogen-bond donors (Lipinski definition) is 0. The normalized spacial score (nSPS) is 11.3. The molecule has 0 aromatic heterocycles. The van der Waals surface area contributed by atoms with Crippen LogP contribution >= 0.6 is 0 Å². The van der Waals surface area contributed by atoms with E-state index in [1.54, 1.807) is 24.3 Å². The molecule has 3 aromatic rings. The summed E-state index contributed by atoms with van der Waals surface area (Å²) in [5, 5.41) is 0. The van der Waals surface area contributed by atoms with Crippen molar-refractivity contribution >= 4 is 17.7 Å². The Balaban J connectivity index is 0.000000245. The average Bonchev–Trinajstić information content (AvgIpc) is 2.74. The lowest BCUT2D eigenvalue weighted by Crippen LogP contribution is -3.67. The lowest BCUT2D eigenvalue weighted by molar-refractivity contribution is -0.450. The molecule has 0 aliphatic heterocycles. The molecule has 0 radical (unpaired) electrons. The summed E-state index contributed by atoms with van der Waals surface area (Å²) in [5.41, 5.74) is 2.06. The summed E-state index contributed by atoms with van der Waals surface area (Å²) in [6, 6.07) is 18.0. The predicted molar refractivity (Wildman–Crippen MR) is 110 cm³/mol. The van der Waals surface area contributed by atoms with Gasteiger partial charge in [-0.2, -0.15) is 13.2 Å². The van der Waals surface area contributed by atoms with Gasteiger partial charge in [-0.1, -0.05) is 47.5 Å². The molecule has 0 atom stereocenters. The molecular weight excluding hydrogens is 572 g/mol. The minimum absolute atomic E-state index is 0.0237. The number of alkyl halides is 3. The van der Waals surface area contributed by atoms with E-state index in [0.717, 1.165) is 23.3 Å². The highest BCUT2D eigenvalue weighted by Gasteiger charge is 2.34. The van der Waals surface area contributed by atoms with Crippen LogP contribution in [0.25, 0.3) is 0 Å². The standard InChI is InChI=1S/C16H14IO2.C7H5F3O3S/c1-11-3-7-13(8-4-11)15(18)17-16(19)14-9-5-12(2)6-10-14;8-7(9,10)5-3-1-2-4-6(5)14(11,12)13/h3-10H,1-2H3;1-4H,(H,11,12,13)/q+1;/p-1. The molecule has 0 saturated heterocycles. The number of carbonyl (C=O) groups is 2. The second-order valence-electron chi connectivity index (χ2n) is 6.82. The summed E-state index contributed by atoms with van der Waals surface area (Å²) < 4.78 is 67.8. The summed E-state index contributed by atoms with van der Waals surface area (Å²) in [4.78, 5) is 22.8. The summed E-state index contributed by atoms with van der Waals surface area (Å²) in [6.07, 6.45) is -4.84. The predicted octanol–water partition coefficient (Wildman–Crippen LogP) is 1.98. The molecular formula is C23H18F3IO5S. The third kappa shape index (κ3) is 8.06. The van der Waals surface area contributed by atoms with Crippen LogP contribution in [-0.4, -0.2) is 20.6 Å². The monoisotopic (exact) mass is 590 g/mol. The third-order valence-electron chi connectivity index (χ3n) is 4.19. The van der Waals surface area contributed by atoms with Crippen LogP contribution in [0.15, 0.2) is 77.7 Å². The maximum atomic E-state index is 12.2. The van der Waals surface area contributed by atoms with E-state index in [9.17, 15) is 35.7 Å². The Kier molecular flexibility index (Phi) is 8.92. The number of halogens is 4. The molecule has 0 N–H and O–H groups in total. The molecule has 33 heavy (non-hydrogen) atoms. The van der Waals surface area contributed by atoms with Crippen LogP contribution < -0.4 is 21.2 Å². The fraction of sp³-hybridized carbons (Fsp3) is 0.130. The van der Waals surface area contributed by atoms with E-state index in [4.69, 9.17) is 0 Å². The SMILES string of the molecule is Cc1ccc(C(=O)[I+]C(=O)c2ccc(C)cc2)cc1.O=S(=O)([O-])c1ccccc1C(F)(F)F. The van der Waals surface area contributed by atoms with E-state index < -0.39 is 48.0 Å². The molecule has 0 saturated carbocycles. The average molecular weight is 590 g/mol. The van der Waals surface area contributed by atoms with Crippen LogP contribution in [0.1, 0.15) is 37.4 Å². The highest BCUT2D eigenvalue weighted by atomic mass is 127. The quantitative estimate of drug-likeness (QED) is 0.258. The maximum Gasteiger partial charge on any atom is 0.452 e. The van der Waals surface area contributed by atoms with Crippen LogP contribution in [0.3, 0.4) is 0 Å². The smallest absolute Gasteiger partial charge is 0.452 e. The van der Waals surface area contributed by atoms with Gasteiger partial charge in [0.2, 0.25) is 0 Å². The van der Waals surface area contributed by atoms with Gasteiger partial charge >= 0.3 is 35.0 Å². The topological polar surface area (TPSA) is 91.3 Å². The number of aryl methyl sites for hydroxylation is 2. The van der Waals surface area contributed by atoms with Gasteiger partial charge in [0.05, 0.1) is 21.6 Å². The first kappa shape index (κ1) is 26.7. The summed E-state index contributed by atoms with van der Waals surface area (Å²) in [6.45, 7) is 3.95. The fourth-order valence-corrected chi connectivity index (χ4v) is 4.96. The third-order valence-corrected chi connectivity index (χ3v) is 7.31. The van der Waals surface area contributed by atoms with Gasteiger partial charge in [-0.25, -0.2) is 18.0 Å². The first-order valence-corrected chi connectivity index (χ1v) is 12.8. The molecule has 10 heteroatoms. The summed E-state index contributed by atoms with van der Waals surface area (Å²) in [5.74, 6) is 0. The molecule has 0 unspecified atom stereocenters. The van der Waals surface area contributed by atoms with E-state index in [0.29, 0.717) is 23.3 Å². The van der Waals surface area contributed by atoms with Gasteiger partial charge in [-0.05, 0) is 50.2 Å². The molecule has 174 valence electrons. The first-order chi connectivity index (χ1) is 15.3. The van der Waals surface area contributed by atoms with Crippen molar-refractivity contribution < 1.29 is 56.9 Å². The van der Waals surface area contributed by atoms with Crippen molar-refractivity contribution in [3.8, 4) is 0 Å². The Morgan fingerprint density at radius 2 is 1.15 bits per heavy atom. The Morgan fingerprint density at radius 1 is 0.758 bits per heavy atom. The van der Waals surface area contributed by atoms with Gasteiger partial charge in [0.1, 0.15) is 10.1 Å². The number of rotatable bonds is 5. The molecule has 0 amide bonds. The van der Waals surface area contributed by atoms with E-state index in [2.05, 4.69) is 0 Å². The molecule has 0 fully saturated rings. The molecule has 3 aromatic carbocycles. The molecule has 0 aliphatic carbocycles. The zero-order valence-electron chi connectivity index (χ0n) is 17.4.